The SMILES string of the molecule is CCCc1nn(C)c(-c2nn3c(-c4cccc(F)c4)nnc3s2)c1Cl. The van der Waals surface area contributed by atoms with Gasteiger partial charge in [0.2, 0.25) is 4.96 Å². The van der Waals surface area contributed by atoms with Gasteiger partial charge in [0.15, 0.2) is 10.8 Å². The molecular formula is C16H14ClFN6S. The molecule has 0 saturated heterocycles. The van der Waals surface area contributed by atoms with Crippen molar-refractivity contribution >= 4 is 27.9 Å². The Morgan fingerprint density at radius 3 is 2.84 bits per heavy atom. The van der Waals surface area contributed by atoms with E-state index in [1.165, 1.54) is 23.5 Å². The first-order valence-corrected chi connectivity index (χ1v) is 8.98. The van der Waals surface area contributed by atoms with Crippen LogP contribution in [0.2, 0.25) is 5.02 Å². The maximum absolute atomic E-state index is 13.5. The van der Waals surface area contributed by atoms with E-state index in [1.807, 2.05) is 7.05 Å². The van der Waals surface area contributed by atoms with Gasteiger partial charge in [-0.05, 0) is 18.6 Å². The van der Waals surface area contributed by atoms with Crippen molar-refractivity contribution < 1.29 is 4.39 Å². The number of hydrogen-bond donors (Lipinski definition) is 0. The van der Waals surface area contributed by atoms with E-state index >= 15 is 0 Å². The first kappa shape index (κ1) is 16.2. The Labute approximate surface area is 151 Å². The molecule has 0 unspecified atom stereocenters. The molecule has 4 rings (SSSR count). The molecule has 0 aliphatic carbocycles. The summed E-state index contributed by atoms with van der Waals surface area (Å²) in [4.78, 5) is 0.614. The molecule has 0 saturated carbocycles. The van der Waals surface area contributed by atoms with Crippen LogP contribution in [0.4, 0.5) is 4.39 Å². The molecule has 0 radical (unpaired) electrons. The van der Waals surface area contributed by atoms with E-state index in [0.29, 0.717) is 26.4 Å². The van der Waals surface area contributed by atoms with Crippen LogP contribution in [0, 0.1) is 5.82 Å². The third kappa shape index (κ3) is 2.71. The number of fused-ring (bicyclic) bond motifs is 1. The van der Waals surface area contributed by atoms with Crippen molar-refractivity contribution in [2.45, 2.75) is 19.8 Å². The molecule has 3 aromatic heterocycles. The lowest BCUT2D eigenvalue weighted by molar-refractivity contribution is 0.628. The molecule has 0 N–H and O–H groups in total. The summed E-state index contributed by atoms with van der Waals surface area (Å²) < 4.78 is 16.9. The molecule has 0 aliphatic heterocycles. The van der Waals surface area contributed by atoms with Crippen LogP contribution >= 0.6 is 22.9 Å². The van der Waals surface area contributed by atoms with Crippen molar-refractivity contribution in [1.82, 2.24) is 29.6 Å². The molecule has 0 bridgehead atoms. The van der Waals surface area contributed by atoms with E-state index in [0.717, 1.165) is 24.2 Å². The van der Waals surface area contributed by atoms with Gasteiger partial charge in [0, 0.05) is 12.6 Å². The fourth-order valence-electron chi connectivity index (χ4n) is 2.70. The smallest absolute Gasteiger partial charge is 0.235 e. The van der Waals surface area contributed by atoms with Gasteiger partial charge in [-0.3, -0.25) is 4.68 Å². The van der Waals surface area contributed by atoms with Gasteiger partial charge in [0.05, 0.1) is 10.7 Å². The average molecular weight is 377 g/mol. The fraction of sp³-hybridized carbons (Fsp3) is 0.250. The molecule has 0 amide bonds. The molecule has 25 heavy (non-hydrogen) atoms. The number of nitrogens with zero attached hydrogens (tertiary/aromatic N) is 6. The minimum atomic E-state index is -0.330. The molecular weight excluding hydrogens is 363 g/mol. The van der Waals surface area contributed by atoms with E-state index in [9.17, 15) is 4.39 Å². The normalized spacial score (nSPS) is 11.5. The van der Waals surface area contributed by atoms with Gasteiger partial charge in [-0.25, -0.2) is 4.39 Å². The molecule has 4 aromatic rings. The van der Waals surface area contributed by atoms with Gasteiger partial charge in [0.1, 0.15) is 11.5 Å². The summed E-state index contributed by atoms with van der Waals surface area (Å²) in [5.74, 6) is 0.160. The zero-order valence-corrected chi connectivity index (χ0v) is 15.1. The molecule has 1 aromatic carbocycles. The summed E-state index contributed by atoms with van der Waals surface area (Å²) in [6, 6.07) is 6.20. The summed E-state index contributed by atoms with van der Waals surface area (Å²) in [5, 5.41) is 18.6. The van der Waals surface area contributed by atoms with Crippen LogP contribution < -0.4 is 0 Å². The van der Waals surface area contributed by atoms with Crippen LogP contribution in [-0.4, -0.2) is 29.6 Å². The zero-order valence-electron chi connectivity index (χ0n) is 13.6. The topological polar surface area (TPSA) is 60.9 Å². The molecule has 3 heterocycles. The zero-order chi connectivity index (χ0) is 17.6. The minimum Gasteiger partial charge on any atom is -0.264 e. The standard InChI is InChI=1S/C16H14ClFN6S/c1-3-5-11-12(17)13(23(2)21-11)15-22-24-14(19-20-16(24)25-15)9-6-4-7-10(18)8-9/h4,6-8H,3,5H2,1-2H3. The number of aromatic nitrogens is 6. The van der Waals surface area contributed by atoms with Gasteiger partial charge in [-0.15, -0.1) is 10.2 Å². The van der Waals surface area contributed by atoms with Gasteiger partial charge < -0.3 is 0 Å². The molecule has 9 heteroatoms. The average Bonchev–Trinajstić information content (AvgIpc) is 3.21. The van der Waals surface area contributed by atoms with Gasteiger partial charge in [-0.1, -0.05) is 48.4 Å². The quantitative estimate of drug-likeness (QED) is 0.540. The van der Waals surface area contributed by atoms with E-state index in [-0.39, 0.29) is 5.82 Å². The molecule has 128 valence electrons. The van der Waals surface area contributed by atoms with Crippen molar-refractivity contribution in [2.24, 2.45) is 7.05 Å². The van der Waals surface area contributed by atoms with Crippen molar-refractivity contribution in [2.75, 3.05) is 0 Å². The summed E-state index contributed by atoms with van der Waals surface area (Å²) in [7, 11) is 1.84. The molecule has 6 nitrogen and oxygen atoms in total. The van der Waals surface area contributed by atoms with Crippen LogP contribution in [0.3, 0.4) is 0 Å². The Kier molecular flexibility index (Phi) is 4.01. The second kappa shape index (κ2) is 6.20. The van der Waals surface area contributed by atoms with E-state index in [1.54, 1.807) is 21.3 Å². The first-order chi connectivity index (χ1) is 12.1. The van der Waals surface area contributed by atoms with Crippen LogP contribution in [0.25, 0.3) is 27.1 Å². The highest BCUT2D eigenvalue weighted by molar-refractivity contribution is 7.19. The van der Waals surface area contributed by atoms with Crippen LogP contribution in [0.5, 0.6) is 0 Å². The van der Waals surface area contributed by atoms with Gasteiger partial charge >= 0.3 is 0 Å². The number of benzene rings is 1. The number of hydrogen-bond acceptors (Lipinski definition) is 5. The highest BCUT2D eigenvalue weighted by Gasteiger charge is 2.21. The minimum absolute atomic E-state index is 0.330. The first-order valence-electron chi connectivity index (χ1n) is 7.78. The molecule has 0 aliphatic rings. The second-order valence-electron chi connectivity index (χ2n) is 5.62. The van der Waals surface area contributed by atoms with Crippen LogP contribution in [-0.2, 0) is 13.5 Å². The number of rotatable bonds is 4. The predicted octanol–water partition coefficient (Wildman–Crippen LogP) is 4.00. The van der Waals surface area contributed by atoms with Crippen molar-refractivity contribution in [3.05, 3.63) is 40.8 Å². The summed E-state index contributed by atoms with van der Waals surface area (Å²) in [6.45, 7) is 2.08. The lowest BCUT2D eigenvalue weighted by Crippen LogP contribution is -1.96. The third-order valence-electron chi connectivity index (χ3n) is 3.82. The largest absolute Gasteiger partial charge is 0.264 e. The Balaban J connectivity index is 1.84. The Bertz CT molecular complexity index is 1070. The van der Waals surface area contributed by atoms with Crippen molar-refractivity contribution in [3.8, 4) is 22.1 Å². The summed E-state index contributed by atoms with van der Waals surface area (Å²) >= 11 is 7.87. The number of halogens is 2. The van der Waals surface area contributed by atoms with E-state index < -0.39 is 0 Å². The maximum Gasteiger partial charge on any atom is 0.235 e. The monoisotopic (exact) mass is 376 g/mol. The molecule has 0 fully saturated rings. The summed E-state index contributed by atoms with van der Waals surface area (Å²) in [6.07, 6.45) is 1.77. The Morgan fingerprint density at radius 2 is 2.08 bits per heavy atom. The van der Waals surface area contributed by atoms with E-state index in [2.05, 4.69) is 27.3 Å². The van der Waals surface area contributed by atoms with Crippen molar-refractivity contribution in [3.63, 3.8) is 0 Å². The third-order valence-corrected chi connectivity index (χ3v) is 5.12. The molecule has 0 atom stereocenters. The summed E-state index contributed by atoms with van der Waals surface area (Å²) in [5.41, 5.74) is 2.23. The van der Waals surface area contributed by atoms with Crippen LogP contribution in [0.15, 0.2) is 24.3 Å². The van der Waals surface area contributed by atoms with Gasteiger partial charge in [-0.2, -0.15) is 14.7 Å². The lowest BCUT2D eigenvalue weighted by atomic mass is 10.2. The highest BCUT2D eigenvalue weighted by Crippen LogP contribution is 2.34. The predicted molar refractivity (Wildman–Crippen MR) is 95.3 cm³/mol. The van der Waals surface area contributed by atoms with Crippen molar-refractivity contribution in [1.29, 1.82) is 0 Å². The molecule has 0 spiro atoms. The maximum atomic E-state index is 13.5. The van der Waals surface area contributed by atoms with Gasteiger partial charge in [0.25, 0.3) is 0 Å². The van der Waals surface area contributed by atoms with Crippen LogP contribution in [0.1, 0.15) is 19.0 Å². The fourth-order valence-corrected chi connectivity index (χ4v) is 4.02. The van der Waals surface area contributed by atoms with E-state index in [4.69, 9.17) is 11.6 Å². The highest BCUT2D eigenvalue weighted by atomic mass is 35.5. The second-order valence-corrected chi connectivity index (χ2v) is 6.95. The Morgan fingerprint density at radius 1 is 1.24 bits per heavy atom. The Hall–Kier alpha value is -2.32. The number of aryl methyl sites for hydroxylation is 2. The lowest BCUT2D eigenvalue weighted by Gasteiger charge is -1.98.